The molecular weight excluding hydrogens is 530 g/mol. The number of nitrogens with zero attached hydrogens (tertiary/aromatic N) is 2. The van der Waals surface area contributed by atoms with E-state index >= 15 is 0 Å². The summed E-state index contributed by atoms with van der Waals surface area (Å²) in [5, 5.41) is 12.4. The maximum Gasteiger partial charge on any atom is 0.346 e. The van der Waals surface area contributed by atoms with Gasteiger partial charge in [0, 0.05) is 16.8 Å². The second kappa shape index (κ2) is 8.09. The number of carbonyl (C=O) groups is 1. The van der Waals surface area contributed by atoms with Crippen LogP contribution in [-0.2, 0) is 16.4 Å². The number of aryl methyl sites for hydroxylation is 1. The van der Waals surface area contributed by atoms with Crippen LogP contribution in [0.15, 0.2) is 36.7 Å². The Kier molecular flexibility index (Phi) is 5.48. The molecule has 0 aromatic carbocycles. The molecule has 172 valence electrons. The Morgan fingerprint density at radius 3 is 2.73 bits per heavy atom. The highest BCUT2D eigenvalue weighted by molar-refractivity contribution is 7.94. The smallest absolute Gasteiger partial charge is 0.346 e. The van der Waals surface area contributed by atoms with Crippen LogP contribution < -0.4 is 15.6 Å². The average molecular weight is 544 g/mol. The fraction of sp³-hybridized carbons (Fsp3) is 0.211. The molecule has 5 rings (SSSR count). The summed E-state index contributed by atoms with van der Waals surface area (Å²) < 4.78 is 28.9. The van der Waals surface area contributed by atoms with E-state index in [0.717, 1.165) is 40.4 Å². The van der Waals surface area contributed by atoms with Crippen LogP contribution in [0.25, 0.3) is 16.6 Å². The minimum Gasteiger partial charge on any atom is -0.477 e. The third-order valence-corrected chi connectivity index (χ3v) is 10.8. The third-order valence-electron chi connectivity index (χ3n) is 5.28. The number of thiophene rings is 3. The van der Waals surface area contributed by atoms with E-state index in [2.05, 4.69) is 4.98 Å². The average Bonchev–Trinajstić information content (AvgIpc) is 3.44. The van der Waals surface area contributed by atoms with Gasteiger partial charge in [-0.2, -0.15) is 0 Å². The van der Waals surface area contributed by atoms with Crippen molar-refractivity contribution in [2.45, 2.75) is 23.5 Å². The van der Waals surface area contributed by atoms with Crippen molar-refractivity contribution in [3.8, 4) is 5.69 Å². The van der Waals surface area contributed by atoms with E-state index in [9.17, 15) is 27.9 Å². The van der Waals surface area contributed by atoms with Gasteiger partial charge in [0.05, 0.1) is 22.3 Å². The van der Waals surface area contributed by atoms with Crippen LogP contribution >= 0.6 is 45.6 Å². The molecule has 0 radical (unpaired) electrons. The van der Waals surface area contributed by atoms with Crippen molar-refractivity contribution in [2.24, 2.45) is 0 Å². The van der Waals surface area contributed by atoms with Gasteiger partial charge in [-0.3, -0.25) is 9.10 Å². The van der Waals surface area contributed by atoms with Gasteiger partial charge >= 0.3 is 11.7 Å². The van der Waals surface area contributed by atoms with E-state index in [4.69, 9.17) is 11.6 Å². The van der Waals surface area contributed by atoms with E-state index in [0.29, 0.717) is 23.2 Å². The summed E-state index contributed by atoms with van der Waals surface area (Å²) >= 11 is 9.37. The van der Waals surface area contributed by atoms with Crippen molar-refractivity contribution in [1.82, 2.24) is 9.55 Å². The first-order valence-corrected chi connectivity index (χ1v) is 14.0. The first-order chi connectivity index (χ1) is 15.7. The van der Waals surface area contributed by atoms with Crippen molar-refractivity contribution in [3.05, 3.63) is 57.8 Å². The Morgan fingerprint density at radius 2 is 1.97 bits per heavy atom. The predicted octanol–water partition coefficient (Wildman–Crippen LogP) is 3.75. The summed E-state index contributed by atoms with van der Waals surface area (Å²) in [6, 6.07) is 2.96. The molecule has 2 N–H and O–H groups in total. The molecule has 4 aromatic heterocycles. The Balaban J connectivity index is 1.67. The van der Waals surface area contributed by atoms with E-state index in [1.807, 2.05) is 5.38 Å². The number of aromatic nitrogens is 2. The lowest BCUT2D eigenvalue weighted by Crippen LogP contribution is -2.34. The molecule has 14 heteroatoms. The second-order valence-corrected chi connectivity index (χ2v) is 12.8. The van der Waals surface area contributed by atoms with Gasteiger partial charge in [0.2, 0.25) is 0 Å². The molecule has 0 fully saturated rings. The van der Waals surface area contributed by atoms with E-state index in [-0.39, 0.29) is 30.0 Å². The molecule has 5 heterocycles. The number of nitrogens with one attached hydrogen (secondary N) is 1. The number of fused-ring (bicyclic) bond motifs is 2. The quantitative estimate of drug-likeness (QED) is 0.403. The van der Waals surface area contributed by atoms with E-state index < -0.39 is 27.2 Å². The molecule has 0 bridgehead atoms. The van der Waals surface area contributed by atoms with E-state index in [1.165, 1.54) is 27.1 Å². The van der Waals surface area contributed by atoms with Crippen LogP contribution in [0, 0.1) is 0 Å². The SMILES string of the molecule is O=C(O)c1scc2[nH]c(=O)n(-c3cc(S(=O)(=O)N4CCCCc5sccc54)sc3Cl)c(=O)c12. The highest BCUT2D eigenvalue weighted by Gasteiger charge is 2.32. The van der Waals surface area contributed by atoms with Crippen LogP contribution in [0.4, 0.5) is 5.69 Å². The molecule has 0 atom stereocenters. The number of carboxylic acids is 1. The minimum absolute atomic E-state index is 0.0759. The van der Waals surface area contributed by atoms with Gasteiger partial charge in [0.1, 0.15) is 13.4 Å². The zero-order chi connectivity index (χ0) is 23.5. The maximum atomic E-state index is 13.5. The number of rotatable bonds is 4. The molecule has 0 spiro atoms. The Bertz CT molecular complexity index is 1640. The number of hydrogen-bond donors (Lipinski definition) is 2. The number of carboxylic acid groups (broad SMARTS) is 1. The summed E-state index contributed by atoms with van der Waals surface area (Å²) in [6.07, 6.45) is 2.36. The summed E-state index contributed by atoms with van der Waals surface area (Å²) in [5.74, 6) is -1.31. The highest BCUT2D eigenvalue weighted by atomic mass is 35.5. The first-order valence-electron chi connectivity index (χ1n) is 9.59. The second-order valence-electron chi connectivity index (χ2n) is 7.22. The fourth-order valence-electron chi connectivity index (χ4n) is 3.79. The lowest BCUT2D eigenvalue weighted by atomic mass is 10.2. The predicted molar refractivity (Wildman–Crippen MR) is 130 cm³/mol. The van der Waals surface area contributed by atoms with Gasteiger partial charge in [0.25, 0.3) is 15.6 Å². The number of sulfonamides is 1. The molecule has 0 aliphatic carbocycles. The minimum atomic E-state index is -4.00. The van der Waals surface area contributed by atoms with E-state index in [1.54, 1.807) is 6.07 Å². The maximum absolute atomic E-state index is 13.5. The van der Waals surface area contributed by atoms with Crippen LogP contribution in [0.3, 0.4) is 0 Å². The monoisotopic (exact) mass is 543 g/mol. The Morgan fingerprint density at radius 1 is 1.18 bits per heavy atom. The van der Waals surface area contributed by atoms with Gasteiger partial charge in [-0.15, -0.1) is 34.0 Å². The molecule has 33 heavy (non-hydrogen) atoms. The topological polar surface area (TPSA) is 130 Å². The molecule has 1 aliphatic heterocycles. The lowest BCUT2D eigenvalue weighted by molar-refractivity contribution is 0.0704. The van der Waals surface area contributed by atoms with Crippen molar-refractivity contribution < 1.29 is 18.3 Å². The van der Waals surface area contributed by atoms with Gasteiger partial charge in [-0.25, -0.2) is 22.6 Å². The van der Waals surface area contributed by atoms with Crippen molar-refractivity contribution in [2.75, 3.05) is 10.8 Å². The fourth-order valence-corrected chi connectivity index (χ4v) is 8.95. The van der Waals surface area contributed by atoms with Crippen molar-refractivity contribution in [1.29, 1.82) is 0 Å². The summed E-state index contributed by atoms with van der Waals surface area (Å²) in [6.45, 7) is 0.306. The molecule has 0 unspecified atom stereocenters. The van der Waals surface area contributed by atoms with Crippen molar-refractivity contribution >= 4 is 78.2 Å². The van der Waals surface area contributed by atoms with Crippen molar-refractivity contribution in [3.63, 3.8) is 0 Å². The van der Waals surface area contributed by atoms with Crippen LogP contribution in [0.1, 0.15) is 27.4 Å². The van der Waals surface area contributed by atoms with Crippen LogP contribution in [-0.4, -0.2) is 35.6 Å². The molecule has 4 aromatic rings. The van der Waals surface area contributed by atoms with Gasteiger partial charge in [-0.1, -0.05) is 11.6 Å². The summed E-state index contributed by atoms with van der Waals surface area (Å²) in [7, 11) is -4.00. The summed E-state index contributed by atoms with van der Waals surface area (Å²) in [4.78, 5) is 40.5. The molecular formula is C19H14ClN3O6S4. The zero-order valence-electron chi connectivity index (χ0n) is 16.5. The number of aromatic amines is 1. The first kappa shape index (κ1) is 22.3. The normalized spacial score (nSPS) is 14.4. The largest absolute Gasteiger partial charge is 0.477 e. The molecule has 9 nitrogen and oxygen atoms in total. The number of halogens is 1. The Labute approximate surface area is 203 Å². The molecule has 0 amide bonds. The van der Waals surface area contributed by atoms with Crippen LogP contribution in [0.5, 0.6) is 0 Å². The highest BCUT2D eigenvalue weighted by Crippen LogP contribution is 2.39. The number of anilines is 1. The van der Waals surface area contributed by atoms with Gasteiger partial charge in [0.15, 0.2) is 0 Å². The molecule has 0 saturated carbocycles. The Hall–Kier alpha value is -2.45. The lowest BCUT2D eigenvalue weighted by Gasteiger charge is -2.21. The molecule has 0 saturated heterocycles. The van der Waals surface area contributed by atoms with Crippen LogP contribution in [0.2, 0.25) is 4.34 Å². The van der Waals surface area contributed by atoms with Gasteiger partial charge < -0.3 is 10.1 Å². The number of H-pyrrole nitrogens is 1. The zero-order valence-corrected chi connectivity index (χ0v) is 20.6. The number of hydrogen-bond acceptors (Lipinski definition) is 8. The molecule has 1 aliphatic rings. The third kappa shape index (κ3) is 3.54. The van der Waals surface area contributed by atoms with Gasteiger partial charge in [-0.05, 0) is 36.8 Å². The number of aromatic carboxylic acids is 1. The standard InChI is InChI=1S/C19H14ClN3O6S4/c20-16-11(23-17(24)14-9(21-19(23)27)8-31-15(14)18(25)26)7-13(32-16)33(28,29)22-5-2-1-3-12-10(22)4-6-30-12/h4,6-8H,1-3,5H2,(H,21,27)(H,25,26). The summed E-state index contributed by atoms with van der Waals surface area (Å²) in [5.41, 5.74) is -1.12.